The lowest BCUT2D eigenvalue weighted by Gasteiger charge is -2.17. The van der Waals surface area contributed by atoms with E-state index in [0.29, 0.717) is 30.8 Å². The number of benzene rings is 1. The van der Waals surface area contributed by atoms with Crippen LogP contribution >= 0.6 is 12.4 Å². The Kier molecular flexibility index (Phi) is 7.81. The molecule has 6 nitrogen and oxygen atoms in total. The minimum absolute atomic E-state index is 0. The van der Waals surface area contributed by atoms with Gasteiger partial charge in [0.2, 0.25) is 10.0 Å². The molecule has 1 aromatic rings. The van der Waals surface area contributed by atoms with Gasteiger partial charge in [-0.25, -0.2) is 8.42 Å². The van der Waals surface area contributed by atoms with Gasteiger partial charge >= 0.3 is 0 Å². The molecular weight excluding hydrogens is 338 g/mol. The Labute approximate surface area is 144 Å². The van der Waals surface area contributed by atoms with Gasteiger partial charge in [0.25, 0.3) is 5.91 Å². The number of halogens is 1. The quantitative estimate of drug-likeness (QED) is 0.719. The van der Waals surface area contributed by atoms with Crippen LogP contribution in [0.15, 0.2) is 24.3 Å². The zero-order valence-electron chi connectivity index (χ0n) is 13.2. The molecule has 1 fully saturated rings. The van der Waals surface area contributed by atoms with Gasteiger partial charge in [0.05, 0.1) is 11.4 Å². The average molecular weight is 362 g/mol. The molecule has 23 heavy (non-hydrogen) atoms. The van der Waals surface area contributed by atoms with Gasteiger partial charge in [0, 0.05) is 25.2 Å². The van der Waals surface area contributed by atoms with Gasteiger partial charge in [0.1, 0.15) is 0 Å². The van der Waals surface area contributed by atoms with Crippen LogP contribution in [-0.2, 0) is 10.0 Å². The highest BCUT2D eigenvalue weighted by atomic mass is 35.5. The van der Waals surface area contributed by atoms with E-state index in [4.69, 9.17) is 0 Å². The highest BCUT2D eigenvalue weighted by molar-refractivity contribution is 7.93. The average Bonchev–Trinajstić information content (AvgIpc) is 2.86. The van der Waals surface area contributed by atoms with Gasteiger partial charge in [-0.15, -0.1) is 12.4 Å². The monoisotopic (exact) mass is 361 g/mol. The van der Waals surface area contributed by atoms with Crippen LogP contribution in [0.4, 0.5) is 5.69 Å². The van der Waals surface area contributed by atoms with Crippen LogP contribution in [0.3, 0.4) is 0 Å². The fourth-order valence-electron chi connectivity index (χ4n) is 2.38. The molecule has 1 amide bonds. The number of anilines is 1. The second-order valence-electron chi connectivity index (χ2n) is 5.29. The Morgan fingerprint density at radius 3 is 2.43 bits per heavy atom. The number of rotatable bonds is 7. The zero-order chi connectivity index (χ0) is 16.0. The molecule has 1 saturated heterocycles. The van der Waals surface area contributed by atoms with Gasteiger partial charge in [-0.1, -0.05) is 6.92 Å². The summed E-state index contributed by atoms with van der Waals surface area (Å²) in [6.07, 6.45) is 1.71. The standard InChI is InChI=1S/C15H23N3O3S.ClH/c1-2-8-16-9-10-17-15(19)13-4-6-14(7-5-13)18-11-3-12-22(18,20)21;/h4-7,16H,2-3,8-12H2,1H3,(H,17,19);1H. The number of nitrogens with one attached hydrogen (secondary N) is 2. The summed E-state index contributed by atoms with van der Waals surface area (Å²) >= 11 is 0. The lowest BCUT2D eigenvalue weighted by Crippen LogP contribution is -2.32. The van der Waals surface area contributed by atoms with Crippen LogP contribution in [0.5, 0.6) is 0 Å². The topological polar surface area (TPSA) is 78.5 Å². The van der Waals surface area contributed by atoms with Crippen molar-refractivity contribution >= 4 is 34.0 Å². The van der Waals surface area contributed by atoms with E-state index in [1.165, 1.54) is 4.31 Å². The Morgan fingerprint density at radius 1 is 1.17 bits per heavy atom. The van der Waals surface area contributed by atoms with E-state index in [1.807, 2.05) is 0 Å². The predicted octanol–water partition coefficient (Wildman–Crippen LogP) is 1.38. The van der Waals surface area contributed by atoms with Crippen molar-refractivity contribution in [3.05, 3.63) is 29.8 Å². The second kappa shape index (κ2) is 9.10. The van der Waals surface area contributed by atoms with E-state index in [2.05, 4.69) is 17.6 Å². The molecule has 1 aliphatic rings. The molecule has 0 unspecified atom stereocenters. The number of sulfonamides is 1. The third-order valence-electron chi connectivity index (χ3n) is 3.53. The van der Waals surface area contributed by atoms with Crippen molar-refractivity contribution in [3.63, 3.8) is 0 Å². The molecule has 0 spiro atoms. The van der Waals surface area contributed by atoms with Gasteiger partial charge in [-0.2, -0.15) is 0 Å². The summed E-state index contributed by atoms with van der Waals surface area (Å²) in [5.74, 6) is 0.0501. The molecule has 0 atom stereocenters. The number of amides is 1. The largest absolute Gasteiger partial charge is 0.351 e. The van der Waals surface area contributed by atoms with Gasteiger partial charge < -0.3 is 10.6 Å². The summed E-state index contributed by atoms with van der Waals surface area (Å²) in [7, 11) is -3.17. The predicted molar refractivity (Wildman–Crippen MR) is 94.9 cm³/mol. The minimum Gasteiger partial charge on any atom is -0.351 e. The maximum atomic E-state index is 12.0. The van der Waals surface area contributed by atoms with Crippen LogP contribution in [0.2, 0.25) is 0 Å². The SMILES string of the molecule is CCCNCCNC(=O)c1ccc(N2CCCS2(=O)=O)cc1.Cl. The Hall–Kier alpha value is -1.31. The molecule has 2 rings (SSSR count). The number of nitrogens with zero attached hydrogens (tertiary/aromatic N) is 1. The van der Waals surface area contributed by atoms with Crippen molar-refractivity contribution in [3.8, 4) is 0 Å². The minimum atomic E-state index is -3.17. The fourth-order valence-corrected chi connectivity index (χ4v) is 3.94. The smallest absolute Gasteiger partial charge is 0.251 e. The first-order chi connectivity index (χ1) is 10.5. The lowest BCUT2D eigenvalue weighted by molar-refractivity contribution is 0.0954. The maximum Gasteiger partial charge on any atom is 0.251 e. The first-order valence-corrected chi connectivity index (χ1v) is 9.25. The first kappa shape index (κ1) is 19.7. The number of hydrogen-bond acceptors (Lipinski definition) is 4. The molecule has 1 aliphatic heterocycles. The third kappa shape index (κ3) is 5.37. The molecule has 1 heterocycles. The highest BCUT2D eigenvalue weighted by Gasteiger charge is 2.28. The molecule has 130 valence electrons. The van der Waals surface area contributed by atoms with Crippen molar-refractivity contribution in [1.82, 2.24) is 10.6 Å². The Balaban J connectivity index is 0.00000264. The Bertz CT molecular complexity index is 605. The van der Waals surface area contributed by atoms with Crippen molar-refractivity contribution < 1.29 is 13.2 Å². The van der Waals surface area contributed by atoms with Crippen LogP contribution in [0, 0.1) is 0 Å². The summed E-state index contributed by atoms with van der Waals surface area (Å²) in [5, 5.41) is 6.04. The summed E-state index contributed by atoms with van der Waals surface area (Å²) in [6, 6.07) is 6.70. The van der Waals surface area contributed by atoms with Crippen molar-refractivity contribution in [1.29, 1.82) is 0 Å². The maximum absolute atomic E-state index is 12.0. The van der Waals surface area contributed by atoms with E-state index < -0.39 is 10.0 Å². The third-order valence-corrected chi connectivity index (χ3v) is 5.40. The van der Waals surface area contributed by atoms with Gasteiger partial charge in [-0.3, -0.25) is 9.10 Å². The molecule has 0 aromatic heterocycles. The van der Waals surface area contributed by atoms with Crippen LogP contribution in [-0.4, -0.2) is 46.3 Å². The van der Waals surface area contributed by atoms with Crippen LogP contribution in [0.25, 0.3) is 0 Å². The van der Waals surface area contributed by atoms with Crippen molar-refractivity contribution in [2.75, 3.05) is 36.2 Å². The van der Waals surface area contributed by atoms with E-state index in [9.17, 15) is 13.2 Å². The fraction of sp³-hybridized carbons (Fsp3) is 0.533. The molecule has 0 aliphatic carbocycles. The van der Waals surface area contributed by atoms with E-state index >= 15 is 0 Å². The molecule has 8 heteroatoms. The van der Waals surface area contributed by atoms with E-state index in [1.54, 1.807) is 24.3 Å². The van der Waals surface area contributed by atoms with Crippen LogP contribution in [0.1, 0.15) is 30.1 Å². The summed E-state index contributed by atoms with van der Waals surface area (Å²) in [4.78, 5) is 12.0. The lowest BCUT2D eigenvalue weighted by atomic mass is 10.2. The zero-order valence-corrected chi connectivity index (χ0v) is 14.9. The van der Waals surface area contributed by atoms with Gasteiger partial charge in [0.15, 0.2) is 0 Å². The van der Waals surface area contributed by atoms with E-state index in [-0.39, 0.29) is 24.1 Å². The summed E-state index contributed by atoms with van der Waals surface area (Å²) in [6.45, 7) is 4.85. The molecule has 0 saturated carbocycles. The molecule has 0 radical (unpaired) electrons. The highest BCUT2D eigenvalue weighted by Crippen LogP contribution is 2.24. The second-order valence-corrected chi connectivity index (χ2v) is 7.31. The number of carbonyl (C=O) groups is 1. The number of carbonyl (C=O) groups excluding carboxylic acids is 1. The Morgan fingerprint density at radius 2 is 1.87 bits per heavy atom. The first-order valence-electron chi connectivity index (χ1n) is 7.64. The van der Waals surface area contributed by atoms with Crippen molar-refractivity contribution in [2.45, 2.75) is 19.8 Å². The summed E-state index contributed by atoms with van der Waals surface area (Å²) < 4.78 is 25.1. The molecular formula is C15H24ClN3O3S. The molecule has 1 aromatic carbocycles. The molecule has 2 N–H and O–H groups in total. The van der Waals surface area contributed by atoms with E-state index in [0.717, 1.165) is 19.5 Å². The number of hydrogen-bond donors (Lipinski definition) is 2. The normalized spacial score (nSPS) is 16.0. The van der Waals surface area contributed by atoms with Crippen molar-refractivity contribution in [2.24, 2.45) is 0 Å². The summed E-state index contributed by atoms with van der Waals surface area (Å²) in [5.41, 5.74) is 1.16. The molecule has 0 bridgehead atoms. The van der Waals surface area contributed by atoms with Gasteiger partial charge in [-0.05, 0) is 43.7 Å². The van der Waals surface area contributed by atoms with Crippen LogP contribution < -0.4 is 14.9 Å².